The molecule has 3 aromatic rings. The van der Waals surface area contributed by atoms with Crippen LogP contribution in [0.5, 0.6) is 0 Å². The molecule has 1 aromatic carbocycles. The first-order valence-corrected chi connectivity index (χ1v) is 8.35. The summed E-state index contributed by atoms with van der Waals surface area (Å²) < 4.78 is 14.2. The number of ketones is 1. The van der Waals surface area contributed by atoms with Crippen LogP contribution in [0.3, 0.4) is 0 Å². The molecule has 1 N–H and O–H groups in total. The molecule has 0 unspecified atom stereocenters. The monoisotopic (exact) mass is 350 g/mol. The topological polar surface area (TPSA) is 67.8 Å². The van der Waals surface area contributed by atoms with E-state index in [2.05, 4.69) is 34.1 Å². The molecule has 0 bridgehead atoms. The second-order valence-corrected chi connectivity index (χ2v) is 6.40. The summed E-state index contributed by atoms with van der Waals surface area (Å²) in [6, 6.07) is 8.33. The van der Waals surface area contributed by atoms with Gasteiger partial charge in [0, 0.05) is 30.4 Å². The second-order valence-electron chi connectivity index (χ2n) is 6.40. The molecule has 132 valence electrons. The average molecular weight is 350 g/mol. The normalized spacial score (nSPS) is 10.8. The molecule has 2 heterocycles. The van der Waals surface area contributed by atoms with E-state index in [-0.39, 0.29) is 17.5 Å². The van der Waals surface area contributed by atoms with Gasteiger partial charge in [0.15, 0.2) is 5.78 Å². The van der Waals surface area contributed by atoms with E-state index in [0.717, 1.165) is 12.0 Å². The van der Waals surface area contributed by atoms with Crippen LogP contribution in [0.4, 0.5) is 16.0 Å². The van der Waals surface area contributed by atoms with Crippen LogP contribution in [-0.4, -0.2) is 20.7 Å². The minimum atomic E-state index is -0.358. The average Bonchev–Trinajstić information content (AvgIpc) is 2.64. The highest BCUT2D eigenvalue weighted by Gasteiger charge is 2.11. The number of pyridine rings is 1. The highest BCUT2D eigenvalue weighted by Crippen LogP contribution is 2.20. The predicted octanol–water partition coefficient (Wildman–Crippen LogP) is 4.18. The summed E-state index contributed by atoms with van der Waals surface area (Å²) >= 11 is 0. The van der Waals surface area contributed by atoms with Crippen molar-refractivity contribution in [1.29, 1.82) is 0 Å². The number of hydrogen-bond donors (Lipinski definition) is 1. The summed E-state index contributed by atoms with van der Waals surface area (Å²) in [6.07, 6.45) is 6.76. The van der Waals surface area contributed by atoms with E-state index in [0.29, 0.717) is 22.7 Å². The van der Waals surface area contributed by atoms with Gasteiger partial charge in [0.05, 0.1) is 11.3 Å². The minimum absolute atomic E-state index is 0.192. The summed E-state index contributed by atoms with van der Waals surface area (Å²) in [6.45, 7) is 4.18. The van der Waals surface area contributed by atoms with E-state index < -0.39 is 0 Å². The van der Waals surface area contributed by atoms with Gasteiger partial charge >= 0.3 is 0 Å². The maximum atomic E-state index is 14.2. The van der Waals surface area contributed by atoms with Gasteiger partial charge in [-0.1, -0.05) is 19.9 Å². The Hall–Kier alpha value is -3.15. The standard InChI is InChI=1S/C20H19FN4O/c1-13(2)9-14-3-4-18(17(21)10-14)25-20-23-11-16(12-24-20)19(26)15-5-7-22-8-6-15/h3-8,10-13H,9H2,1-2H3,(H,23,24,25). The molecule has 6 heteroatoms. The van der Waals surface area contributed by atoms with Crippen LogP contribution >= 0.6 is 0 Å². The molecular weight excluding hydrogens is 331 g/mol. The first-order chi connectivity index (χ1) is 12.5. The Balaban J connectivity index is 1.72. The lowest BCUT2D eigenvalue weighted by Gasteiger charge is -2.09. The van der Waals surface area contributed by atoms with Crippen molar-refractivity contribution in [3.05, 3.63) is 77.6 Å². The van der Waals surface area contributed by atoms with Gasteiger partial charge in [-0.25, -0.2) is 14.4 Å². The summed E-state index contributed by atoms with van der Waals surface area (Å²) in [5.74, 6) is 0.140. The molecule has 0 saturated carbocycles. The molecule has 3 rings (SSSR count). The number of nitrogens with zero attached hydrogens (tertiary/aromatic N) is 3. The van der Waals surface area contributed by atoms with Crippen LogP contribution in [0.25, 0.3) is 0 Å². The highest BCUT2D eigenvalue weighted by molar-refractivity contribution is 6.08. The molecular formula is C20H19FN4O. The molecule has 0 fully saturated rings. The first kappa shape index (κ1) is 17.7. The fourth-order valence-electron chi connectivity index (χ4n) is 2.56. The van der Waals surface area contributed by atoms with Crippen molar-refractivity contribution in [2.24, 2.45) is 5.92 Å². The maximum Gasteiger partial charge on any atom is 0.227 e. The highest BCUT2D eigenvalue weighted by atomic mass is 19.1. The second kappa shape index (κ2) is 7.82. The SMILES string of the molecule is CC(C)Cc1ccc(Nc2ncc(C(=O)c3ccncc3)cn2)c(F)c1. The zero-order chi connectivity index (χ0) is 18.5. The third-order valence-corrected chi connectivity index (χ3v) is 3.78. The predicted molar refractivity (Wildman–Crippen MR) is 97.9 cm³/mol. The van der Waals surface area contributed by atoms with Gasteiger partial charge in [0.1, 0.15) is 5.82 Å². The fourth-order valence-corrected chi connectivity index (χ4v) is 2.56. The van der Waals surface area contributed by atoms with Crippen molar-refractivity contribution in [2.75, 3.05) is 5.32 Å². The van der Waals surface area contributed by atoms with Gasteiger partial charge in [0.25, 0.3) is 0 Å². The van der Waals surface area contributed by atoms with Crippen LogP contribution in [-0.2, 0) is 6.42 Å². The van der Waals surface area contributed by atoms with E-state index in [9.17, 15) is 9.18 Å². The number of anilines is 2. The Bertz CT molecular complexity index is 895. The van der Waals surface area contributed by atoms with E-state index in [1.807, 2.05) is 6.07 Å². The molecule has 0 aliphatic rings. The molecule has 0 aliphatic carbocycles. The van der Waals surface area contributed by atoms with Crippen molar-refractivity contribution in [2.45, 2.75) is 20.3 Å². The molecule has 0 atom stereocenters. The van der Waals surface area contributed by atoms with Crippen molar-refractivity contribution < 1.29 is 9.18 Å². The van der Waals surface area contributed by atoms with Crippen LogP contribution in [0.15, 0.2) is 55.1 Å². The van der Waals surface area contributed by atoms with E-state index in [1.165, 1.54) is 18.5 Å². The van der Waals surface area contributed by atoms with Gasteiger partial charge in [0.2, 0.25) is 5.95 Å². The lowest BCUT2D eigenvalue weighted by atomic mass is 10.0. The summed E-state index contributed by atoms with van der Waals surface area (Å²) in [7, 11) is 0. The number of nitrogens with one attached hydrogen (secondary N) is 1. The van der Waals surface area contributed by atoms with Gasteiger partial charge in [-0.3, -0.25) is 9.78 Å². The number of halogens is 1. The number of rotatable bonds is 6. The molecule has 26 heavy (non-hydrogen) atoms. The van der Waals surface area contributed by atoms with Crippen LogP contribution in [0.2, 0.25) is 0 Å². The quantitative estimate of drug-likeness (QED) is 0.675. The number of carbonyl (C=O) groups is 1. The van der Waals surface area contributed by atoms with Gasteiger partial charge in [-0.15, -0.1) is 0 Å². The summed E-state index contributed by atoms with van der Waals surface area (Å²) in [4.78, 5) is 24.4. The van der Waals surface area contributed by atoms with Crippen molar-refractivity contribution >= 4 is 17.4 Å². The van der Waals surface area contributed by atoms with E-state index >= 15 is 0 Å². The maximum absolute atomic E-state index is 14.2. The lowest BCUT2D eigenvalue weighted by Crippen LogP contribution is -2.05. The molecule has 2 aromatic heterocycles. The Morgan fingerprint density at radius 2 is 1.77 bits per heavy atom. The van der Waals surface area contributed by atoms with Crippen molar-refractivity contribution in [1.82, 2.24) is 15.0 Å². The number of carbonyl (C=O) groups excluding carboxylic acids is 1. The van der Waals surface area contributed by atoms with Crippen LogP contribution in [0, 0.1) is 11.7 Å². The van der Waals surface area contributed by atoms with Gasteiger partial charge in [-0.2, -0.15) is 0 Å². The molecule has 5 nitrogen and oxygen atoms in total. The third-order valence-electron chi connectivity index (χ3n) is 3.78. The molecule has 0 radical (unpaired) electrons. The Morgan fingerprint density at radius 1 is 1.08 bits per heavy atom. The smallest absolute Gasteiger partial charge is 0.227 e. The minimum Gasteiger partial charge on any atom is -0.322 e. The number of aromatic nitrogens is 3. The summed E-state index contributed by atoms with van der Waals surface area (Å²) in [5.41, 5.74) is 2.11. The summed E-state index contributed by atoms with van der Waals surface area (Å²) in [5, 5.41) is 2.84. The van der Waals surface area contributed by atoms with Gasteiger partial charge in [-0.05, 0) is 42.2 Å². The van der Waals surface area contributed by atoms with Crippen LogP contribution in [0.1, 0.15) is 35.3 Å². The molecule has 0 aliphatic heterocycles. The number of benzene rings is 1. The zero-order valence-corrected chi connectivity index (χ0v) is 14.6. The largest absolute Gasteiger partial charge is 0.322 e. The molecule has 0 amide bonds. The Kier molecular flexibility index (Phi) is 5.31. The number of hydrogen-bond acceptors (Lipinski definition) is 5. The fraction of sp³-hybridized carbons (Fsp3) is 0.200. The Labute approximate surface area is 151 Å². The van der Waals surface area contributed by atoms with Crippen molar-refractivity contribution in [3.63, 3.8) is 0 Å². The van der Waals surface area contributed by atoms with E-state index in [4.69, 9.17) is 0 Å². The lowest BCUT2D eigenvalue weighted by molar-refractivity contribution is 0.103. The molecule has 0 saturated heterocycles. The van der Waals surface area contributed by atoms with Crippen molar-refractivity contribution in [3.8, 4) is 0 Å². The van der Waals surface area contributed by atoms with E-state index in [1.54, 1.807) is 30.6 Å². The van der Waals surface area contributed by atoms with Gasteiger partial charge < -0.3 is 5.32 Å². The Morgan fingerprint density at radius 3 is 2.38 bits per heavy atom. The zero-order valence-electron chi connectivity index (χ0n) is 14.6. The molecule has 0 spiro atoms. The van der Waals surface area contributed by atoms with Crippen LogP contribution < -0.4 is 5.32 Å². The third kappa shape index (κ3) is 4.27. The first-order valence-electron chi connectivity index (χ1n) is 8.35.